The van der Waals surface area contributed by atoms with Crippen molar-refractivity contribution in [3.63, 3.8) is 0 Å². The molecule has 2 aromatic heterocycles. The lowest BCUT2D eigenvalue weighted by atomic mass is 10.1. The van der Waals surface area contributed by atoms with E-state index < -0.39 is 0 Å². The van der Waals surface area contributed by atoms with Crippen LogP contribution in [0, 0.1) is 13.8 Å². The van der Waals surface area contributed by atoms with Crippen LogP contribution in [0.3, 0.4) is 0 Å². The number of hydrogen-bond acceptors (Lipinski definition) is 3. The van der Waals surface area contributed by atoms with Crippen LogP contribution in [0.1, 0.15) is 21.6 Å². The van der Waals surface area contributed by atoms with Crippen LogP contribution in [0.15, 0.2) is 36.0 Å². The average Bonchev–Trinajstić information content (AvgIpc) is 2.96. The van der Waals surface area contributed by atoms with Crippen molar-refractivity contribution in [2.45, 2.75) is 13.8 Å². The zero-order chi connectivity index (χ0) is 13.4. The molecule has 0 aliphatic rings. The first-order chi connectivity index (χ1) is 9.16. The largest absolute Gasteiger partial charge is 0.320 e. The molecule has 0 spiro atoms. The Kier molecular flexibility index (Phi) is 2.83. The zero-order valence-corrected chi connectivity index (χ0v) is 11.5. The molecule has 1 aromatic carbocycles. The average molecular weight is 271 g/mol. The number of fused-ring (bicyclic) bond motifs is 1. The molecule has 0 unspecified atom stereocenters. The number of carbonyl (C=O) groups excluding carboxylic acids is 1. The molecule has 96 valence electrons. The molecule has 4 nitrogen and oxygen atoms in total. The van der Waals surface area contributed by atoms with E-state index in [1.807, 2.05) is 37.4 Å². The lowest BCUT2D eigenvalue weighted by Crippen LogP contribution is -2.14. The van der Waals surface area contributed by atoms with Crippen molar-refractivity contribution < 1.29 is 4.79 Å². The van der Waals surface area contributed by atoms with E-state index in [0.717, 1.165) is 21.8 Å². The third kappa shape index (κ3) is 2.02. The molecule has 0 fully saturated rings. The maximum Gasteiger partial charge on any atom is 0.273 e. The molecule has 0 bridgehead atoms. The molecule has 1 amide bonds. The summed E-state index contributed by atoms with van der Waals surface area (Å²) in [5.74, 6) is -0.113. The van der Waals surface area contributed by atoms with Gasteiger partial charge < -0.3 is 5.32 Å². The van der Waals surface area contributed by atoms with Crippen LogP contribution < -0.4 is 5.32 Å². The Balaban J connectivity index is 1.94. The molecular formula is C14H13N3OS. The summed E-state index contributed by atoms with van der Waals surface area (Å²) in [5, 5.41) is 4.78. The van der Waals surface area contributed by atoms with Crippen molar-refractivity contribution >= 4 is 27.9 Å². The maximum absolute atomic E-state index is 12.3. The minimum absolute atomic E-state index is 0.113. The highest BCUT2D eigenvalue weighted by Gasteiger charge is 2.13. The molecule has 0 aliphatic carbocycles. The Labute approximate surface area is 114 Å². The predicted octanol–water partition coefficient (Wildman–Crippen LogP) is 3.26. The SMILES string of the molecule is Cc1cccc(NC(=O)c2csc3nccn23)c1C. The van der Waals surface area contributed by atoms with E-state index in [9.17, 15) is 4.79 Å². The molecule has 3 aromatic rings. The van der Waals surface area contributed by atoms with Gasteiger partial charge >= 0.3 is 0 Å². The second-order valence-electron chi connectivity index (χ2n) is 4.40. The molecule has 5 heteroatoms. The normalized spacial score (nSPS) is 10.8. The first-order valence-corrected chi connectivity index (χ1v) is 6.83. The number of nitrogens with one attached hydrogen (secondary N) is 1. The lowest BCUT2D eigenvalue weighted by molar-refractivity contribution is 0.102. The van der Waals surface area contributed by atoms with Crippen molar-refractivity contribution in [2.24, 2.45) is 0 Å². The third-order valence-corrected chi connectivity index (χ3v) is 4.08. The van der Waals surface area contributed by atoms with Gasteiger partial charge in [0.05, 0.1) is 0 Å². The Morgan fingerprint density at radius 2 is 2.21 bits per heavy atom. The topological polar surface area (TPSA) is 46.4 Å². The minimum Gasteiger partial charge on any atom is -0.320 e. The molecule has 3 rings (SSSR count). The number of imidazole rings is 1. The van der Waals surface area contributed by atoms with Crippen molar-refractivity contribution in [3.05, 3.63) is 52.8 Å². The number of thiazole rings is 1. The third-order valence-electron chi connectivity index (χ3n) is 3.23. The van der Waals surface area contributed by atoms with Gasteiger partial charge in [-0.2, -0.15) is 0 Å². The summed E-state index contributed by atoms with van der Waals surface area (Å²) >= 11 is 1.46. The van der Waals surface area contributed by atoms with Crippen LogP contribution in [0.5, 0.6) is 0 Å². The summed E-state index contributed by atoms with van der Waals surface area (Å²) in [5.41, 5.74) is 3.71. The molecule has 0 atom stereocenters. The van der Waals surface area contributed by atoms with Crippen LogP contribution in [-0.2, 0) is 0 Å². The maximum atomic E-state index is 12.3. The number of anilines is 1. The van der Waals surface area contributed by atoms with Gasteiger partial charge in [0.15, 0.2) is 4.96 Å². The molecule has 2 heterocycles. The summed E-state index contributed by atoms with van der Waals surface area (Å²) < 4.78 is 1.80. The van der Waals surface area contributed by atoms with E-state index >= 15 is 0 Å². The number of aryl methyl sites for hydroxylation is 1. The quantitative estimate of drug-likeness (QED) is 0.777. The van der Waals surface area contributed by atoms with Crippen LogP contribution in [0.4, 0.5) is 5.69 Å². The predicted molar refractivity (Wildman–Crippen MR) is 76.9 cm³/mol. The molecular weight excluding hydrogens is 258 g/mol. The van der Waals surface area contributed by atoms with Crippen molar-refractivity contribution in [1.82, 2.24) is 9.38 Å². The number of benzene rings is 1. The van der Waals surface area contributed by atoms with E-state index in [2.05, 4.69) is 10.3 Å². The lowest BCUT2D eigenvalue weighted by Gasteiger charge is -2.09. The molecule has 0 radical (unpaired) electrons. The monoisotopic (exact) mass is 271 g/mol. The number of aromatic nitrogens is 2. The Morgan fingerprint density at radius 1 is 1.37 bits per heavy atom. The van der Waals surface area contributed by atoms with Crippen molar-refractivity contribution in [1.29, 1.82) is 0 Å². The Hall–Kier alpha value is -2.14. The summed E-state index contributed by atoms with van der Waals surface area (Å²) in [6.45, 7) is 4.04. The number of nitrogens with zero attached hydrogens (tertiary/aromatic N) is 2. The van der Waals surface area contributed by atoms with Gasteiger partial charge in [0.1, 0.15) is 5.69 Å². The van der Waals surface area contributed by atoms with Crippen molar-refractivity contribution in [2.75, 3.05) is 5.32 Å². The fourth-order valence-electron chi connectivity index (χ4n) is 1.96. The first kappa shape index (κ1) is 11.9. The molecule has 0 aliphatic heterocycles. The summed E-state index contributed by atoms with van der Waals surface area (Å²) in [6.07, 6.45) is 3.49. The van der Waals surface area contributed by atoms with E-state index in [-0.39, 0.29) is 5.91 Å². The zero-order valence-electron chi connectivity index (χ0n) is 10.7. The van der Waals surface area contributed by atoms with Crippen molar-refractivity contribution in [3.8, 4) is 0 Å². The summed E-state index contributed by atoms with van der Waals surface area (Å²) in [6, 6.07) is 5.89. The van der Waals surface area contributed by atoms with Gasteiger partial charge in [-0.05, 0) is 31.0 Å². The fourth-order valence-corrected chi connectivity index (χ4v) is 2.79. The van der Waals surface area contributed by atoms with E-state index in [1.165, 1.54) is 11.3 Å². The first-order valence-electron chi connectivity index (χ1n) is 5.95. The molecule has 0 saturated carbocycles. The van der Waals surface area contributed by atoms with Gasteiger partial charge in [0, 0.05) is 23.5 Å². The molecule has 0 saturated heterocycles. The standard InChI is InChI=1S/C14H13N3OS/c1-9-4-3-5-11(10(9)2)16-13(18)12-8-19-14-15-6-7-17(12)14/h3-8H,1-2H3,(H,16,18). The van der Waals surface area contributed by atoms with Crippen LogP contribution in [0.2, 0.25) is 0 Å². The molecule has 19 heavy (non-hydrogen) atoms. The van der Waals surface area contributed by atoms with Gasteiger partial charge in [-0.25, -0.2) is 4.98 Å². The van der Waals surface area contributed by atoms with Gasteiger partial charge in [-0.15, -0.1) is 11.3 Å². The Bertz CT molecular complexity index is 757. The summed E-state index contributed by atoms with van der Waals surface area (Å²) in [7, 11) is 0. The smallest absolute Gasteiger partial charge is 0.273 e. The molecule has 1 N–H and O–H groups in total. The van der Waals surface area contributed by atoms with E-state index in [1.54, 1.807) is 16.8 Å². The highest BCUT2D eigenvalue weighted by atomic mass is 32.1. The van der Waals surface area contributed by atoms with E-state index in [4.69, 9.17) is 0 Å². The van der Waals surface area contributed by atoms with Crippen LogP contribution >= 0.6 is 11.3 Å². The summed E-state index contributed by atoms with van der Waals surface area (Å²) in [4.78, 5) is 17.3. The fraction of sp³-hybridized carbons (Fsp3) is 0.143. The number of hydrogen-bond donors (Lipinski definition) is 1. The van der Waals surface area contributed by atoms with Gasteiger partial charge in [0.2, 0.25) is 0 Å². The van der Waals surface area contributed by atoms with Gasteiger partial charge in [-0.3, -0.25) is 9.20 Å². The number of amides is 1. The minimum atomic E-state index is -0.113. The van der Waals surface area contributed by atoms with E-state index in [0.29, 0.717) is 5.69 Å². The number of rotatable bonds is 2. The highest BCUT2D eigenvalue weighted by molar-refractivity contribution is 7.15. The van der Waals surface area contributed by atoms with Gasteiger partial charge in [-0.1, -0.05) is 12.1 Å². The number of carbonyl (C=O) groups is 1. The Morgan fingerprint density at radius 3 is 3.05 bits per heavy atom. The highest BCUT2D eigenvalue weighted by Crippen LogP contribution is 2.20. The van der Waals surface area contributed by atoms with Crippen LogP contribution in [-0.4, -0.2) is 15.3 Å². The second kappa shape index (κ2) is 4.51. The second-order valence-corrected chi connectivity index (χ2v) is 5.24. The van der Waals surface area contributed by atoms with Crippen LogP contribution in [0.25, 0.3) is 4.96 Å². The van der Waals surface area contributed by atoms with Gasteiger partial charge in [0.25, 0.3) is 5.91 Å².